The van der Waals surface area contributed by atoms with Crippen molar-refractivity contribution in [2.75, 3.05) is 44.3 Å². The van der Waals surface area contributed by atoms with Crippen LogP contribution in [0.1, 0.15) is 49.2 Å². The highest BCUT2D eigenvalue weighted by molar-refractivity contribution is 6.01. The van der Waals surface area contributed by atoms with Gasteiger partial charge in [0, 0.05) is 47.6 Å². The summed E-state index contributed by atoms with van der Waals surface area (Å²) in [5.74, 6) is 0.482. The molecule has 210 valence electrons. The van der Waals surface area contributed by atoms with E-state index in [1.54, 1.807) is 6.07 Å². The minimum atomic E-state index is -0.558. The number of rotatable bonds is 12. The molecule has 1 unspecified atom stereocenters. The summed E-state index contributed by atoms with van der Waals surface area (Å²) < 4.78 is 17.0. The number of fused-ring (bicyclic) bond motifs is 2. The van der Waals surface area contributed by atoms with E-state index in [2.05, 4.69) is 80.5 Å². The van der Waals surface area contributed by atoms with E-state index in [0.717, 1.165) is 71.7 Å². The van der Waals surface area contributed by atoms with Crippen molar-refractivity contribution in [3.05, 3.63) is 101 Å². The highest BCUT2D eigenvalue weighted by Gasteiger charge is 2.30. The monoisotopic (exact) mass is 542 g/mol. The second-order valence-electron chi connectivity index (χ2n) is 9.40. The molecule has 0 saturated heterocycles. The Morgan fingerprint density at radius 2 is 1.68 bits per heavy atom. The second-order valence-corrected chi connectivity index (χ2v) is 9.40. The summed E-state index contributed by atoms with van der Waals surface area (Å²) >= 11 is 0. The van der Waals surface area contributed by atoms with Gasteiger partial charge in [0.1, 0.15) is 24.7 Å². The number of nitrogens with zero attached hydrogens (tertiary/aromatic N) is 2. The Hall–Kier alpha value is -4.10. The molecule has 1 atom stereocenters. The predicted molar refractivity (Wildman–Crippen MR) is 158 cm³/mol. The van der Waals surface area contributed by atoms with Gasteiger partial charge in [0.15, 0.2) is 0 Å². The van der Waals surface area contributed by atoms with Gasteiger partial charge >= 0.3 is 11.9 Å². The number of anilines is 1. The Labute approximate surface area is 237 Å². The summed E-state index contributed by atoms with van der Waals surface area (Å²) in [5, 5.41) is 0. The highest BCUT2D eigenvalue weighted by Crippen LogP contribution is 2.45. The second kappa shape index (κ2) is 13.3. The first-order valence-corrected chi connectivity index (χ1v) is 14.0. The topological polar surface area (TPSA) is 68.3 Å². The number of likely N-dealkylation sites (N-methyl/N-ethyl adjacent to an activating group) is 1. The zero-order chi connectivity index (χ0) is 28.6. The van der Waals surface area contributed by atoms with Crippen LogP contribution >= 0.6 is 0 Å². The molecule has 1 aliphatic carbocycles. The highest BCUT2D eigenvalue weighted by atomic mass is 16.6. The summed E-state index contributed by atoms with van der Waals surface area (Å²) in [5.41, 5.74) is 5.02. The van der Waals surface area contributed by atoms with Gasteiger partial charge in [-0.05, 0) is 56.8 Å². The van der Waals surface area contributed by atoms with Gasteiger partial charge in [0.2, 0.25) is 0 Å². The Morgan fingerprint density at radius 1 is 0.950 bits per heavy atom. The maximum atomic E-state index is 13.3. The van der Waals surface area contributed by atoms with Crippen molar-refractivity contribution < 1.29 is 23.8 Å². The molecule has 7 heteroatoms. The van der Waals surface area contributed by atoms with Gasteiger partial charge in [-0.3, -0.25) is 4.90 Å². The summed E-state index contributed by atoms with van der Waals surface area (Å²) in [7, 11) is 0. The third-order valence-corrected chi connectivity index (χ3v) is 7.28. The maximum Gasteiger partial charge on any atom is 0.338 e. The molecule has 0 saturated carbocycles. The van der Waals surface area contributed by atoms with Crippen LogP contribution in [0.2, 0.25) is 0 Å². The van der Waals surface area contributed by atoms with Gasteiger partial charge in [-0.15, -0.1) is 0 Å². The van der Waals surface area contributed by atoms with E-state index in [0.29, 0.717) is 5.56 Å². The number of ether oxygens (including phenoxy) is 3. The first-order chi connectivity index (χ1) is 19.4. The quantitative estimate of drug-likeness (QED) is 0.191. The summed E-state index contributed by atoms with van der Waals surface area (Å²) in [6.07, 6.45) is 7.52. The largest absolute Gasteiger partial charge is 0.459 e. The van der Waals surface area contributed by atoms with Gasteiger partial charge in [0.05, 0.1) is 11.6 Å². The van der Waals surface area contributed by atoms with Gasteiger partial charge in [-0.25, -0.2) is 9.59 Å². The molecule has 0 spiro atoms. The zero-order valence-electron chi connectivity index (χ0n) is 23.8. The fourth-order valence-electron chi connectivity index (χ4n) is 5.18. The number of allylic oxidation sites excluding steroid dienone is 1. The number of esters is 2. The molecule has 4 rings (SSSR count). The van der Waals surface area contributed by atoms with Crippen molar-refractivity contribution in [3.63, 3.8) is 0 Å². The number of benzene rings is 2. The van der Waals surface area contributed by atoms with E-state index in [4.69, 9.17) is 14.2 Å². The summed E-state index contributed by atoms with van der Waals surface area (Å²) in [6.45, 7) is 15.5. The molecule has 1 heterocycles. The van der Waals surface area contributed by atoms with E-state index in [-0.39, 0.29) is 19.3 Å². The molecular weight excluding hydrogens is 504 g/mol. The fraction of sp³-hybridized carbons (Fsp3) is 0.333. The molecule has 0 N–H and O–H groups in total. The van der Waals surface area contributed by atoms with Crippen LogP contribution in [-0.4, -0.2) is 62.3 Å². The fourth-order valence-corrected chi connectivity index (χ4v) is 5.18. The van der Waals surface area contributed by atoms with Crippen molar-refractivity contribution in [3.8, 4) is 5.75 Å². The Bertz CT molecular complexity index is 1350. The minimum absolute atomic E-state index is 0.0418. The average Bonchev–Trinajstić information content (AvgIpc) is 2.99. The molecule has 0 radical (unpaired) electrons. The standard InChI is InChI=1S/C33H38N2O5/c1-6-31(36)38-19-20-39-33(37)26-14-12-11-13-25(26)32-27-17-15-23(34(7-2)8-3)21-29(27)40-30-22-24(16-18-28(30)32)35(9-4)10-5/h6,11-18,21-23H,1,7-10,19-20H2,2-5H3. The molecule has 7 nitrogen and oxygen atoms in total. The van der Waals surface area contributed by atoms with E-state index in [9.17, 15) is 9.59 Å². The van der Waals surface area contributed by atoms with Crippen molar-refractivity contribution in [1.29, 1.82) is 0 Å². The first-order valence-electron chi connectivity index (χ1n) is 14.0. The molecule has 0 amide bonds. The van der Waals surface area contributed by atoms with Crippen LogP contribution in [0.25, 0.3) is 5.57 Å². The predicted octanol–water partition coefficient (Wildman–Crippen LogP) is 5.78. The van der Waals surface area contributed by atoms with Crippen LogP contribution < -0.4 is 9.64 Å². The zero-order valence-corrected chi connectivity index (χ0v) is 23.8. The summed E-state index contributed by atoms with van der Waals surface area (Å²) in [6, 6.07) is 13.8. The Morgan fingerprint density at radius 3 is 2.38 bits per heavy atom. The molecule has 1 aliphatic heterocycles. The third kappa shape index (κ3) is 6.05. The van der Waals surface area contributed by atoms with Crippen molar-refractivity contribution in [1.82, 2.24) is 4.90 Å². The van der Waals surface area contributed by atoms with Crippen molar-refractivity contribution >= 4 is 23.2 Å². The molecule has 0 aromatic heterocycles. The number of carbonyl (C=O) groups excluding carboxylic acids is 2. The number of carbonyl (C=O) groups is 2. The molecule has 2 aliphatic rings. The minimum Gasteiger partial charge on any atom is -0.459 e. The van der Waals surface area contributed by atoms with Crippen LogP contribution in [0.5, 0.6) is 5.75 Å². The normalized spacial score (nSPS) is 15.5. The van der Waals surface area contributed by atoms with Crippen molar-refractivity contribution in [2.24, 2.45) is 0 Å². The molecular formula is C33H38N2O5. The first kappa shape index (κ1) is 28.9. The Balaban J connectivity index is 1.79. The van der Waals surface area contributed by atoms with Crippen LogP contribution in [-0.2, 0) is 14.3 Å². The number of hydrogen-bond acceptors (Lipinski definition) is 7. The van der Waals surface area contributed by atoms with Crippen LogP contribution in [0.15, 0.2) is 84.7 Å². The van der Waals surface area contributed by atoms with Gasteiger partial charge in [0.25, 0.3) is 0 Å². The molecule has 40 heavy (non-hydrogen) atoms. The lowest BCUT2D eigenvalue weighted by Crippen LogP contribution is -2.34. The van der Waals surface area contributed by atoms with E-state index in [1.165, 1.54) is 0 Å². The Kier molecular flexibility index (Phi) is 9.61. The molecule has 2 aromatic rings. The molecule has 0 bridgehead atoms. The number of hydrogen-bond donors (Lipinski definition) is 0. The lowest BCUT2D eigenvalue weighted by atomic mass is 9.85. The molecule has 2 aromatic carbocycles. The maximum absolute atomic E-state index is 13.3. The molecule has 0 fully saturated rings. The van der Waals surface area contributed by atoms with Gasteiger partial charge in [-0.1, -0.05) is 50.8 Å². The van der Waals surface area contributed by atoms with Crippen LogP contribution in [0.3, 0.4) is 0 Å². The summed E-state index contributed by atoms with van der Waals surface area (Å²) in [4.78, 5) is 29.2. The average molecular weight is 543 g/mol. The van der Waals surface area contributed by atoms with Crippen LogP contribution in [0.4, 0.5) is 5.69 Å². The van der Waals surface area contributed by atoms with E-state index < -0.39 is 11.9 Å². The van der Waals surface area contributed by atoms with E-state index >= 15 is 0 Å². The van der Waals surface area contributed by atoms with Crippen molar-refractivity contribution in [2.45, 2.75) is 33.7 Å². The third-order valence-electron chi connectivity index (χ3n) is 7.28. The lowest BCUT2D eigenvalue weighted by Gasteiger charge is -2.33. The van der Waals surface area contributed by atoms with E-state index in [1.807, 2.05) is 18.2 Å². The van der Waals surface area contributed by atoms with Gasteiger partial charge in [-0.2, -0.15) is 0 Å². The van der Waals surface area contributed by atoms with Crippen LogP contribution in [0, 0.1) is 0 Å². The smallest absolute Gasteiger partial charge is 0.338 e. The SMILES string of the molecule is C=CC(=O)OCCOC(=O)c1ccccc1C1=C2C=CC(N(CC)CC)C=C2Oc2cc(N(CC)CC)ccc21. The van der Waals surface area contributed by atoms with Gasteiger partial charge < -0.3 is 19.1 Å². The lowest BCUT2D eigenvalue weighted by molar-refractivity contribution is -0.138.